The lowest BCUT2D eigenvalue weighted by Gasteiger charge is -2.33. The van der Waals surface area contributed by atoms with Crippen molar-refractivity contribution in [2.24, 2.45) is 4.99 Å². The lowest BCUT2D eigenvalue weighted by Crippen LogP contribution is -2.50. The number of hydrogen-bond acceptors (Lipinski definition) is 3. The predicted molar refractivity (Wildman–Crippen MR) is 121 cm³/mol. The number of guanidine groups is 1. The van der Waals surface area contributed by atoms with Crippen molar-refractivity contribution in [2.75, 3.05) is 26.7 Å². The fraction of sp³-hybridized carbons (Fsp3) is 0.478. The molecular formula is C23H31ClFN5. The molecule has 1 fully saturated rings. The Kier molecular flexibility index (Phi) is 7.67. The lowest BCUT2D eigenvalue weighted by molar-refractivity contribution is 0.196. The van der Waals surface area contributed by atoms with Crippen molar-refractivity contribution in [1.29, 1.82) is 0 Å². The van der Waals surface area contributed by atoms with E-state index in [2.05, 4.69) is 45.4 Å². The topological polar surface area (TPSA) is 52.6 Å². The number of halogens is 2. The standard InChI is InChI=1S/C23H31ClFN5/c1-23(2,20-8-7-17(25)14-21(20)24)16-28-22(26-3)29-18-9-12-30(13-10-18)15-19-6-4-5-11-27-19/h4-8,11,14,18H,9-10,12-13,15-16H2,1-3H3,(H2,26,28,29). The van der Waals surface area contributed by atoms with Crippen molar-refractivity contribution in [1.82, 2.24) is 20.5 Å². The summed E-state index contributed by atoms with van der Waals surface area (Å²) in [6, 6.07) is 11.0. The zero-order chi connectivity index (χ0) is 21.6. The Morgan fingerprint density at radius 3 is 2.67 bits per heavy atom. The highest BCUT2D eigenvalue weighted by atomic mass is 35.5. The van der Waals surface area contributed by atoms with Gasteiger partial charge in [0.2, 0.25) is 0 Å². The molecule has 0 saturated carbocycles. The summed E-state index contributed by atoms with van der Waals surface area (Å²) in [4.78, 5) is 11.2. The molecule has 0 aliphatic carbocycles. The van der Waals surface area contributed by atoms with E-state index in [4.69, 9.17) is 11.6 Å². The van der Waals surface area contributed by atoms with Crippen LogP contribution in [0.3, 0.4) is 0 Å². The molecule has 2 heterocycles. The van der Waals surface area contributed by atoms with Crippen LogP contribution in [0.1, 0.15) is 37.9 Å². The van der Waals surface area contributed by atoms with Crippen LogP contribution in [-0.4, -0.2) is 48.6 Å². The maximum atomic E-state index is 13.4. The molecule has 2 aromatic rings. The summed E-state index contributed by atoms with van der Waals surface area (Å²) in [5.74, 6) is 0.462. The van der Waals surface area contributed by atoms with Gasteiger partial charge in [0.1, 0.15) is 5.82 Å². The first-order chi connectivity index (χ1) is 14.4. The van der Waals surface area contributed by atoms with E-state index in [9.17, 15) is 4.39 Å². The van der Waals surface area contributed by atoms with E-state index in [1.165, 1.54) is 12.1 Å². The van der Waals surface area contributed by atoms with Crippen molar-refractivity contribution >= 4 is 17.6 Å². The summed E-state index contributed by atoms with van der Waals surface area (Å²) in [6.07, 6.45) is 3.96. The summed E-state index contributed by atoms with van der Waals surface area (Å²) >= 11 is 6.27. The number of hydrogen-bond donors (Lipinski definition) is 2. The molecule has 0 atom stereocenters. The molecule has 0 radical (unpaired) electrons. The van der Waals surface area contributed by atoms with E-state index in [1.807, 2.05) is 18.3 Å². The Bertz CT molecular complexity index is 848. The van der Waals surface area contributed by atoms with Crippen molar-refractivity contribution < 1.29 is 4.39 Å². The van der Waals surface area contributed by atoms with E-state index in [0.29, 0.717) is 17.6 Å². The number of piperidine rings is 1. The maximum absolute atomic E-state index is 13.4. The molecule has 1 aromatic heterocycles. The van der Waals surface area contributed by atoms with E-state index < -0.39 is 0 Å². The van der Waals surface area contributed by atoms with E-state index in [1.54, 1.807) is 13.1 Å². The van der Waals surface area contributed by atoms with E-state index >= 15 is 0 Å². The highest BCUT2D eigenvalue weighted by Gasteiger charge is 2.25. The van der Waals surface area contributed by atoms with Crippen molar-refractivity contribution in [2.45, 2.75) is 44.7 Å². The van der Waals surface area contributed by atoms with Gasteiger partial charge in [-0.1, -0.05) is 37.6 Å². The number of aromatic nitrogens is 1. The lowest BCUT2D eigenvalue weighted by atomic mass is 9.84. The first-order valence-corrected chi connectivity index (χ1v) is 10.8. The van der Waals surface area contributed by atoms with Gasteiger partial charge < -0.3 is 10.6 Å². The Hall–Kier alpha value is -2.18. The Labute approximate surface area is 183 Å². The third kappa shape index (κ3) is 6.16. The average Bonchev–Trinajstić information content (AvgIpc) is 2.73. The zero-order valence-corrected chi connectivity index (χ0v) is 18.7. The van der Waals surface area contributed by atoms with Crippen LogP contribution in [0.5, 0.6) is 0 Å². The minimum absolute atomic E-state index is 0.269. The molecule has 1 aliphatic rings. The molecule has 1 aromatic carbocycles. The van der Waals surface area contributed by atoms with Gasteiger partial charge in [0, 0.05) is 55.9 Å². The van der Waals surface area contributed by atoms with Gasteiger partial charge in [0.25, 0.3) is 0 Å². The van der Waals surface area contributed by atoms with Gasteiger partial charge in [-0.25, -0.2) is 4.39 Å². The SMILES string of the molecule is CN=C(NCC(C)(C)c1ccc(F)cc1Cl)NC1CCN(Cc2ccccn2)CC1. The van der Waals surface area contributed by atoms with Crippen LogP contribution in [0.2, 0.25) is 5.02 Å². The molecule has 5 nitrogen and oxygen atoms in total. The maximum Gasteiger partial charge on any atom is 0.191 e. The molecule has 3 rings (SSSR count). The van der Waals surface area contributed by atoms with E-state index in [-0.39, 0.29) is 11.2 Å². The Balaban J connectivity index is 1.48. The minimum Gasteiger partial charge on any atom is -0.356 e. The van der Waals surface area contributed by atoms with Crippen LogP contribution in [0.25, 0.3) is 0 Å². The summed E-state index contributed by atoms with van der Waals surface area (Å²) in [5, 5.41) is 7.40. The van der Waals surface area contributed by atoms with Gasteiger partial charge in [0.05, 0.1) is 5.69 Å². The van der Waals surface area contributed by atoms with Crippen molar-refractivity contribution in [3.05, 3.63) is 64.7 Å². The molecule has 162 valence electrons. The summed E-state index contributed by atoms with van der Waals surface area (Å²) in [5.41, 5.74) is 1.76. The van der Waals surface area contributed by atoms with Crippen LogP contribution in [-0.2, 0) is 12.0 Å². The van der Waals surface area contributed by atoms with Crippen LogP contribution in [0.15, 0.2) is 47.6 Å². The van der Waals surface area contributed by atoms with Crippen LogP contribution in [0, 0.1) is 5.82 Å². The highest BCUT2D eigenvalue weighted by Crippen LogP contribution is 2.30. The largest absolute Gasteiger partial charge is 0.356 e. The number of benzene rings is 1. The monoisotopic (exact) mass is 431 g/mol. The number of rotatable bonds is 6. The van der Waals surface area contributed by atoms with Gasteiger partial charge in [-0.15, -0.1) is 0 Å². The first-order valence-electron chi connectivity index (χ1n) is 10.4. The molecule has 2 N–H and O–H groups in total. The number of pyridine rings is 1. The quantitative estimate of drug-likeness (QED) is 0.536. The predicted octanol–water partition coefficient (Wildman–Crippen LogP) is 3.98. The second kappa shape index (κ2) is 10.2. The number of nitrogens with one attached hydrogen (secondary N) is 2. The molecular weight excluding hydrogens is 401 g/mol. The molecule has 0 unspecified atom stereocenters. The van der Waals surface area contributed by atoms with Gasteiger partial charge in [0.15, 0.2) is 5.96 Å². The van der Waals surface area contributed by atoms with Crippen molar-refractivity contribution in [3.63, 3.8) is 0 Å². The third-order valence-electron chi connectivity index (χ3n) is 5.62. The molecule has 30 heavy (non-hydrogen) atoms. The molecule has 7 heteroatoms. The molecule has 0 spiro atoms. The Morgan fingerprint density at radius 2 is 2.03 bits per heavy atom. The Morgan fingerprint density at radius 1 is 1.27 bits per heavy atom. The second-order valence-electron chi connectivity index (χ2n) is 8.45. The fourth-order valence-corrected chi connectivity index (χ4v) is 4.21. The molecule has 0 bridgehead atoms. The molecule has 0 amide bonds. The van der Waals surface area contributed by atoms with E-state index in [0.717, 1.165) is 49.7 Å². The van der Waals surface area contributed by atoms with Gasteiger partial charge in [-0.3, -0.25) is 14.9 Å². The number of likely N-dealkylation sites (tertiary alicyclic amines) is 1. The fourth-order valence-electron chi connectivity index (χ4n) is 3.78. The van der Waals surface area contributed by atoms with Crippen LogP contribution < -0.4 is 10.6 Å². The normalized spacial score (nSPS) is 16.5. The second-order valence-corrected chi connectivity index (χ2v) is 8.86. The smallest absolute Gasteiger partial charge is 0.191 e. The minimum atomic E-state index is -0.320. The molecule has 1 saturated heterocycles. The summed E-state index contributed by atoms with van der Waals surface area (Å²) < 4.78 is 13.4. The summed E-state index contributed by atoms with van der Waals surface area (Å²) in [7, 11) is 1.78. The highest BCUT2D eigenvalue weighted by molar-refractivity contribution is 6.31. The van der Waals surface area contributed by atoms with Crippen LogP contribution >= 0.6 is 11.6 Å². The number of aliphatic imine (C=N–C) groups is 1. The number of nitrogens with zero attached hydrogens (tertiary/aromatic N) is 3. The van der Waals surface area contributed by atoms with Gasteiger partial charge in [-0.2, -0.15) is 0 Å². The average molecular weight is 432 g/mol. The first kappa shape index (κ1) is 22.5. The summed E-state index contributed by atoms with van der Waals surface area (Å²) in [6.45, 7) is 7.76. The zero-order valence-electron chi connectivity index (χ0n) is 18.0. The third-order valence-corrected chi connectivity index (χ3v) is 5.93. The van der Waals surface area contributed by atoms with Crippen molar-refractivity contribution in [3.8, 4) is 0 Å². The van der Waals surface area contributed by atoms with Gasteiger partial charge in [-0.05, 0) is 42.7 Å². The van der Waals surface area contributed by atoms with Gasteiger partial charge >= 0.3 is 0 Å². The molecule has 1 aliphatic heterocycles. The van der Waals surface area contributed by atoms with Crippen LogP contribution in [0.4, 0.5) is 4.39 Å².